The number of amides is 3. The van der Waals surface area contributed by atoms with Crippen LogP contribution in [-0.2, 0) is 9.59 Å². The topological polar surface area (TPSA) is 130 Å². The summed E-state index contributed by atoms with van der Waals surface area (Å²) in [5.41, 5.74) is 3.77. The van der Waals surface area contributed by atoms with Crippen molar-refractivity contribution >= 4 is 52.6 Å². The van der Waals surface area contributed by atoms with Gasteiger partial charge in [-0.2, -0.15) is 0 Å². The van der Waals surface area contributed by atoms with Crippen LogP contribution in [0.15, 0.2) is 108 Å². The molecule has 0 aliphatic heterocycles. The summed E-state index contributed by atoms with van der Waals surface area (Å²) in [6.45, 7) is 5.51. The highest BCUT2D eigenvalue weighted by atomic mass is 32.2. The number of anilines is 2. The standard InChI is InChI=1S/C34H32N4O5S/c1-4-31(34(41)36-29-18-17-27(38(42)43)19-23(29)3)44-28-16-10-15-26(21-28)35-33(40)30(20-25-14-9-8-11-22(25)2)37-32(39)24-12-6-5-7-13-24/h5-21,31H,4H2,1-3H3,(H,35,40)(H,36,41)(H,37,39)/b30-20-. The molecular formula is C34H32N4O5S. The summed E-state index contributed by atoms with van der Waals surface area (Å²) < 4.78 is 0. The lowest BCUT2D eigenvalue weighted by Crippen LogP contribution is -2.30. The molecule has 3 N–H and O–H groups in total. The van der Waals surface area contributed by atoms with Crippen molar-refractivity contribution in [1.82, 2.24) is 5.32 Å². The number of benzene rings is 4. The Morgan fingerprint density at radius 1 is 0.864 bits per heavy atom. The van der Waals surface area contributed by atoms with Gasteiger partial charge in [-0.3, -0.25) is 24.5 Å². The molecule has 0 bridgehead atoms. The number of nitro benzene ring substituents is 1. The number of nitrogens with zero attached hydrogens (tertiary/aromatic N) is 1. The van der Waals surface area contributed by atoms with E-state index < -0.39 is 22.0 Å². The van der Waals surface area contributed by atoms with E-state index in [2.05, 4.69) is 16.0 Å². The molecule has 0 heterocycles. The van der Waals surface area contributed by atoms with E-state index in [0.717, 1.165) is 16.0 Å². The first-order chi connectivity index (χ1) is 21.1. The van der Waals surface area contributed by atoms with Crippen molar-refractivity contribution in [2.24, 2.45) is 0 Å². The predicted molar refractivity (Wildman–Crippen MR) is 175 cm³/mol. The molecule has 0 radical (unpaired) electrons. The van der Waals surface area contributed by atoms with Crippen molar-refractivity contribution in [3.63, 3.8) is 0 Å². The van der Waals surface area contributed by atoms with Crippen LogP contribution in [0.5, 0.6) is 0 Å². The summed E-state index contributed by atoms with van der Waals surface area (Å²) in [5.74, 6) is -1.15. The first-order valence-corrected chi connectivity index (χ1v) is 14.8. The SMILES string of the molecule is CCC(Sc1cccc(NC(=O)/C(=C/c2ccccc2C)NC(=O)c2ccccc2)c1)C(=O)Nc1ccc([N+](=O)[O-])cc1C. The quantitative estimate of drug-likeness (QED) is 0.0719. The van der Waals surface area contributed by atoms with E-state index in [1.54, 1.807) is 55.5 Å². The molecule has 9 nitrogen and oxygen atoms in total. The number of carbonyl (C=O) groups is 3. The molecule has 4 rings (SSSR count). The number of carbonyl (C=O) groups excluding carboxylic acids is 3. The average Bonchev–Trinajstić information content (AvgIpc) is 3.01. The largest absolute Gasteiger partial charge is 0.325 e. The molecule has 0 aliphatic carbocycles. The zero-order chi connectivity index (χ0) is 31.6. The zero-order valence-corrected chi connectivity index (χ0v) is 25.3. The summed E-state index contributed by atoms with van der Waals surface area (Å²) in [4.78, 5) is 50.9. The van der Waals surface area contributed by atoms with Crippen molar-refractivity contribution in [1.29, 1.82) is 0 Å². The van der Waals surface area contributed by atoms with Crippen LogP contribution in [0, 0.1) is 24.0 Å². The number of nitro groups is 1. The first kappa shape index (κ1) is 31.7. The van der Waals surface area contributed by atoms with Crippen molar-refractivity contribution in [2.45, 2.75) is 37.3 Å². The van der Waals surface area contributed by atoms with E-state index in [1.165, 1.54) is 30.0 Å². The van der Waals surface area contributed by atoms with Crippen molar-refractivity contribution in [3.8, 4) is 0 Å². The third-order valence-corrected chi connectivity index (χ3v) is 8.09. The first-order valence-electron chi connectivity index (χ1n) is 13.9. The van der Waals surface area contributed by atoms with E-state index >= 15 is 0 Å². The predicted octanol–water partition coefficient (Wildman–Crippen LogP) is 7.13. The summed E-state index contributed by atoms with van der Waals surface area (Å²) in [7, 11) is 0. The van der Waals surface area contributed by atoms with E-state index in [9.17, 15) is 24.5 Å². The van der Waals surface area contributed by atoms with E-state index in [4.69, 9.17) is 0 Å². The fourth-order valence-corrected chi connectivity index (χ4v) is 5.31. The van der Waals surface area contributed by atoms with Crippen LogP contribution in [0.4, 0.5) is 17.1 Å². The van der Waals surface area contributed by atoms with E-state index in [0.29, 0.717) is 28.9 Å². The number of aryl methyl sites for hydroxylation is 2. The smallest absolute Gasteiger partial charge is 0.272 e. The monoisotopic (exact) mass is 608 g/mol. The molecule has 10 heteroatoms. The van der Waals surface area contributed by atoms with Gasteiger partial charge in [0.15, 0.2) is 0 Å². The van der Waals surface area contributed by atoms with Crippen molar-refractivity contribution in [3.05, 3.63) is 135 Å². The fraction of sp³-hybridized carbons (Fsp3) is 0.147. The van der Waals surface area contributed by atoms with Gasteiger partial charge in [0.25, 0.3) is 17.5 Å². The number of rotatable bonds is 11. The van der Waals surface area contributed by atoms with Crippen molar-refractivity contribution in [2.75, 3.05) is 10.6 Å². The molecule has 0 saturated heterocycles. The minimum Gasteiger partial charge on any atom is -0.325 e. The van der Waals surface area contributed by atoms with Gasteiger partial charge in [-0.1, -0.05) is 55.5 Å². The molecule has 0 aliphatic rings. The number of nitrogens with one attached hydrogen (secondary N) is 3. The van der Waals surface area contributed by atoms with Gasteiger partial charge >= 0.3 is 0 Å². The van der Waals surface area contributed by atoms with Gasteiger partial charge in [0, 0.05) is 34.0 Å². The zero-order valence-electron chi connectivity index (χ0n) is 24.5. The van der Waals surface area contributed by atoms with Crippen LogP contribution in [0.2, 0.25) is 0 Å². The van der Waals surface area contributed by atoms with Crippen LogP contribution in [0.1, 0.15) is 40.4 Å². The maximum Gasteiger partial charge on any atom is 0.272 e. The Labute approximate surface area is 259 Å². The Balaban J connectivity index is 1.50. The second-order valence-corrected chi connectivity index (χ2v) is 11.3. The summed E-state index contributed by atoms with van der Waals surface area (Å²) >= 11 is 1.34. The van der Waals surface area contributed by atoms with Gasteiger partial charge in [0.1, 0.15) is 5.70 Å². The Kier molecular flexibility index (Phi) is 10.7. The molecule has 1 unspecified atom stereocenters. The summed E-state index contributed by atoms with van der Waals surface area (Å²) in [5, 5.41) is 19.1. The van der Waals surface area contributed by atoms with Gasteiger partial charge in [-0.25, -0.2) is 0 Å². The lowest BCUT2D eigenvalue weighted by atomic mass is 10.1. The molecule has 224 valence electrons. The number of hydrogen-bond acceptors (Lipinski definition) is 6. The fourth-order valence-electron chi connectivity index (χ4n) is 4.29. The molecule has 0 saturated carbocycles. The Morgan fingerprint density at radius 2 is 1.59 bits per heavy atom. The maximum absolute atomic E-state index is 13.5. The van der Waals surface area contributed by atoms with Gasteiger partial charge in [-0.05, 0) is 79.4 Å². The Bertz CT molecular complexity index is 1720. The number of thioether (sulfide) groups is 1. The van der Waals surface area contributed by atoms with E-state index in [1.807, 2.05) is 50.2 Å². The minimum atomic E-state index is -0.502. The van der Waals surface area contributed by atoms with E-state index in [-0.39, 0.29) is 17.3 Å². The molecule has 4 aromatic carbocycles. The lowest BCUT2D eigenvalue weighted by Gasteiger charge is -2.17. The van der Waals surface area contributed by atoms with Gasteiger partial charge in [-0.15, -0.1) is 11.8 Å². The maximum atomic E-state index is 13.5. The average molecular weight is 609 g/mol. The third-order valence-electron chi connectivity index (χ3n) is 6.73. The second-order valence-electron chi connectivity index (χ2n) is 9.98. The molecule has 0 spiro atoms. The van der Waals surface area contributed by atoms with Gasteiger partial charge in [0.05, 0.1) is 10.2 Å². The highest BCUT2D eigenvalue weighted by Gasteiger charge is 2.21. The highest BCUT2D eigenvalue weighted by molar-refractivity contribution is 8.00. The van der Waals surface area contributed by atoms with Crippen LogP contribution < -0.4 is 16.0 Å². The molecule has 44 heavy (non-hydrogen) atoms. The second kappa shape index (κ2) is 14.8. The minimum absolute atomic E-state index is 0.0442. The van der Waals surface area contributed by atoms with Gasteiger partial charge < -0.3 is 16.0 Å². The number of non-ortho nitro benzene ring substituents is 1. The summed E-state index contributed by atoms with van der Waals surface area (Å²) in [6, 6.07) is 27.6. The van der Waals surface area contributed by atoms with Crippen LogP contribution >= 0.6 is 11.8 Å². The van der Waals surface area contributed by atoms with Crippen LogP contribution in [-0.4, -0.2) is 27.9 Å². The third kappa shape index (κ3) is 8.42. The van der Waals surface area contributed by atoms with Crippen LogP contribution in [0.25, 0.3) is 6.08 Å². The molecule has 3 amide bonds. The van der Waals surface area contributed by atoms with Gasteiger partial charge in [0.2, 0.25) is 5.91 Å². The Morgan fingerprint density at radius 3 is 2.27 bits per heavy atom. The van der Waals surface area contributed by atoms with Crippen LogP contribution in [0.3, 0.4) is 0 Å². The molecule has 0 fully saturated rings. The lowest BCUT2D eigenvalue weighted by molar-refractivity contribution is -0.384. The molecule has 1 atom stereocenters. The number of hydrogen-bond donors (Lipinski definition) is 3. The summed E-state index contributed by atoms with van der Waals surface area (Å²) in [6.07, 6.45) is 2.16. The Hall–Kier alpha value is -5.22. The molecule has 4 aromatic rings. The molecule has 0 aromatic heterocycles. The normalized spacial score (nSPS) is 11.8. The van der Waals surface area contributed by atoms with Crippen molar-refractivity contribution < 1.29 is 19.3 Å². The highest BCUT2D eigenvalue weighted by Crippen LogP contribution is 2.30. The molecular weight excluding hydrogens is 576 g/mol.